The molecule has 2 N–H and O–H groups in total. The summed E-state index contributed by atoms with van der Waals surface area (Å²) in [5.74, 6) is 0.0182. The summed E-state index contributed by atoms with van der Waals surface area (Å²) >= 11 is 0. The summed E-state index contributed by atoms with van der Waals surface area (Å²) < 4.78 is 1.95. The Morgan fingerprint density at radius 3 is 2.78 bits per heavy atom. The highest BCUT2D eigenvalue weighted by molar-refractivity contribution is 5.85. The minimum absolute atomic E-state index is 0.0182. The zero-order valence-corrected chi connectivity index (χ0v) is 11.3. The van der Waals surface area contributed by atoms with Gasteiger partial charge in [0.2, 0.25) is 0 Å². The molecular weight excluding hydrogens is 226 g/mol. The van der Waals surface area contributed by atoms with Crippen molar-refractivity contribution < 1.29 is 4.79 Å². The lowest BCUT2D eigenvalue weighted by Crippen LogP contribution is -2.31. The van der Waals surface area contributed by atoms with E-state index in [1.807, 2.05) is 16.9 Å². The van der Waals surface area contributed by atoms with E-state index in [0.29, 0.717) is 18.9 Å². The molecule has 0 aliphatic heterocycles. The van der Waals surface area contributed by atoms with Crippen LogP contribution >= 0.6 is 0 Å². The molecule has 0 aliphatic rings. The van der Waals surface area contributed by atoms with Crippen LogP contribution < -0.4 is 5.73 Å². The molecule has 4 nitrogen and oxygen atoms in total. The van der Waals surface area contributed by atoms with Gasteiger partial charge in [-0.1, -0.05) is 19.9 Å². The first kappa shape index (κ1) is 14.6. The number of ketones is 1. The van der Waals surface area contributed by atoms with Crippen molar-refractivity contribution in [3.8, 4) is 0 Å². The molecule has 18 heavy (non-hydrogen) atoms. The van der Waals surface area contributed by atoms with E-state index in [2.05, 4.69) is 25.5 Å². The summed E-state index contributed by atoms with van der Waals surface area (Å²) in [5.41, 5.74) is 6.54. The quantitative estimate of drug-likeness (QED) is 0.719. The number of rotatable bonds is 8. The minimum atomic E-state index is -0.458. The summed E-state index contributed by atoms with van der Waals surface area (Å²) in [5, 5.41) is 4.45. The SMILES string of the molecule is C=CCC(N)C(=O)Cc1ccn(C(CC)CC)n1. The Morgan fingerprint density at radius 1 is 1.56 bits per heavy atom. The topological polar surface area (TPSA) is 60.9 Å². The molecule has 0 fully saturated rings. The van der Waals surface area contributed by atoms with Crippen LogP contribution in [-0.4, -0.2) is 21.6 Å². The van der Waals surface area contributed by atoms with Crippen LogP contribution in [-0.2, 0) is 11.2 Å². The molecule has 0 amide bonds. The van der Waals surface area contributed by atoms with Crippen LogP contribution in [0.3, 0.4) is 0 Å². The van der Waals surface area contributed by atoms with Crippen LogP contribution in [0.25, 0.3) is 0 Å². The van der Waals surface area contributed by atoms with Gasteiger partial charge < -0.3 is 5.73 Å². The monoisotopic (exact) mass is 249 g/mol. The number of aromatic nitrogens is 2. The first-order valence-electron chi connectivity index (χ1n) is 6.55. The molecule has 0 aliphatic carbocycles. The van der Waals surface area contributed by atoms with E-state index in [1.54, 1.807) is 6.08 Å². The zero-order chi connectivity index (χ0) is 13.5. The van der Waals surface area contributed by atoms with Gasteiger partial charge in [0.25, 0.3) is 0 Å². The van der Waals surface area contributed by atoms with Gasteiger partial charge in [0.05, 0.1) is 24.2 Å². The Balaban J connectivity index is 2.63. The maximum absolute atomic E-state index is 11.8. The molecule has 100 valence electrons. The highest BCUT2D eigenvalue weighted by Crippen LogP contribution is 2.14. The lowest BCUT2D eigenvalue weighted by molar-refractivity contribution is -0.119. The predicted molar refractivity (Wildman–Crippen MR) is 73.3 cm³/mol. The molecular formula is C14H23N3O. The van der Waals surface area contributed by atoms with Crippen LogP contribution in [0.4, 0.5) is 0 Å². The van der Waals surface area contributed by atoms with Gasteiger partial charge >= 0.3 is 0 Å². The smallest absolute Gasteiger partial charge is 0.155 e. The van der Waals surface area contributed by atoms with E-state index in [1.165, 1.54) is 0 Å². The lowest BCUT2D eigenvalue weighted by Gasteiger charge is -2.12. The fourth-order valence-electron chi connectivity index (χ4n) is 1.96. The van der Waals surface area contributed by atoms with Gasteiger partial charge in [-0.25, -0.2) is 0 Å². The second-order valence-corrected chi connectivity index (χ2v) is 4.53. The van der Waals surface area contributed by atoms with Gasteiger partial charge in [-0.15, -0.1) is 6.58 Å². The van der Waals surface area contributed by atoms with Crippen LogP contribution in [0.15, 0.2) is 24.9 Å². The van der Waals surface area contributed by atoms with E-state index in [-0.39, 0.29) is 5.78 Å². The Morgan fingerprint density at radius 2 is 2.22 bits per heavy atom. The number of carbonyl (C=O) groups excluding carboxylic acids is 1. The normalized spacial score (nSPS) is 12.7. The lowest BCUT2D eigenvalue weighted by atomic mass is 10.1. The van der Waals surface area contributed by atoms with Gasteiger partial charge in [-0.2, -0.15) is 5.10 Å². The molecule has 0 aromatic carbocycles. The fraction of sp³-hybridized carbons (Fsp3) is 0.571. The fourth-order valence-corrected chi connectivity index (χ4v) is 1.96. The summed E-state index contributed by atoms with van der Waals surface area (Å²) in [7, 11) is 0. The van der Waals surface area contributed by atoms with E-state index >= 15 is 0 Å². The Hall–Kier alpha value is -1.42. The zero-order valence-electron chi connectivity index (χ0n) is 11.3. The largest absolute Gasteiger partial charge is 0.321 e. The van der Waals surface area contributed by atoms with Crippen molar-refractivity contribution in [3.63, 3.8) is 0 Å². The summed E-state index contributed by atoms with van der Waals surface area (Å²) in [6.45, 7) is 7.87. The molecule has 1 aromatic rings. The van der Waals surface area contributed by atoms with Crippen molar-refractivity contribution >= 4 is 5.78 Å². The van der Waals surface area contributed by atoms with E-state index < -0.39 is 6.04 Å². The molecule has 1 atom stereocenters. The molecule has 4 heteroatoms. The van der Waals surface area contributed by atoms with E-state index in [0.717, 1.165) is 18.5 Å². The standard InChI is InChI=1S/C14H23N3O/c1-4-7-13(15)14(18)10-11-8-9-17(16-11)12(5-2)6-3/h4,8-9,12-13H,1,5-7,10,15H2,2-3H3. The van der Waals surface area contributed by atoms with Gasteiger partial charge in [-0.3, -0.25) is 9.48 Å². The Kier molecular flexibility index (Phi) is 5.78. The summed E-state index contributed by atoms with van der Waals surface area (Å²) in [6.07, 6.45) is 6.53. The van der Waals surface area contributed by atoms with Crippen molar-refractivity contribution in [1.82, 2.24) is 9.78 Å². The molecule has 1 aromatic heterocycles. The van der Waals surface area contributed by atoms with Gasteiger partial charge in [0.15, 0.2) is 5.78 Å². The second-order valence-electron chi connectivity index (χ2n) is 4.53. The Labute approximate surface area is 109 Å². The van der Waals surface area contributed by atoms with Crippen molar-refractivity contribution in [1.29, 1.82) is 0 Å². The van der Waals surface area contributed by atoms with Crippen molar-refractivity contribution in [2.24, 2.45) is 5.73 Å². The molecule has 0 saturated heterocycles. The third-order valence-electron chi connectivity index (χ3n) is 3.17. The Bertz CT molecular complexity index is 393. The van der Waals surface area contributed by atoms with Gasteiger partial charge in [0.1, 0.15) is 0 Å². The van der Waals surface area contributed by atoms with Crippen molar-refractivity contribution in [2.75, 3.05) is 0 Å². The maximum atomic E-state index is 11.8. The minimum Gasteiger partial charge on any atom is -0.321 e. The molecule has 0 saturated carbocycles. The molecule has 0 radical (unpaired) electrons. The van der Waals surface area contributed by atoms with Gasteiger partial charge in [-0.05, 0) is 25.3 Å². The average molecular weight is 249 g/mol. The van der Waals surface area contributed by atoms with Crippen molar-refractivity contribution in [2.45, 2.75) is 51.6 Å². The highest BCUT2D eigenvalue weighted by Gasteiger charge is 2.15. The number of nitrogens with zero attached hydrogens (tertiary/aromatic N) is 2. The first-order chi connectivity index (χ1) is 8.62. The molecule has 0 bridgehead atoms. The third-order valence-corrected chi connectivity index (χ3v) is 3.17. The second kappa shape index (κ2) is 7.11. The van der Waals surface area contributed by atoms with E-state index in [9.17, 15) is 4.79 Å². The first-order valence-corrected chi connectivity index (χ1v) is 6.55. The number of Topliss-reactive ketones (excluding diaryl/α,β-unsaturated/α-hetero) is 1. The summed E-state index contributed by atoms with van der Waals surface area (Å²) in [4.78, 5) is 11.8. The summed E-state index contributed by atoms with van der Waals surface area (Å²) in [6, 6.07) is 1.85. The number of nitrogens with two attached hydrogens (primary N) is 1. The van der Waals surface area contributed by atoms with Crippen LogP contribution in [0.2, 0.25) is 0 Å². The molecule has 1 heterocycles. The number of hydrogen-bond donors (Lipinski definition) is 1. The van der Waals surface area contributed by atoms with Crippen LogP contribution in [0, 0.1) is 0 Å². The van der Waals surface area contributed by atoms with Gasteiger partial charge in [0, 0.05) is 6.20 Å². The van der Waals surface area contributed by atoms with Crippen LogP contribution in [0.5, 0.6) is 0 Å². The van der Waals surface area contributed by atoms with Crippen molar-refractivity contribution in [3.05, 3.63) is 30.6 Å². The molecule has 0 spiro atoms. The molecule has 1 unspecified atom stereocenters. The number of carbonyl (C=O) groups is 1. The number of hydrogen-bond acceptors (Lipinski definition) is 3. The maximum Gasteiger partial charge on any atom is 0.155 e. The highest BCUT2D eigenvalue weighted by atomic mass is 16.1. The average Bonchev–Trinajstić information content (AvgIpc) is 2.79. The van der Waals surface area contributed by atoms with E-state index in [4.69, 9.17) is 5.73 Å². The predicted octanol–water partition coefficient (Wildman–Crippen LogP) is 2.26. The van der Waals surface area contributed by atoms with Crippen LogP contribution in [0.1, 0.15) is 44.8 Å². The third kappa shape index (κ3) is 3.81. The molecule has 1 rings (SSSR count).